The van der Waals surface area contributed by atoms with Crippen LogP contribution < -0.4 is 9.47 Å². The molecule has 0 fully saturated rings. The maximum absolute atomic E-state index is 11.8. The van der Waals surface area contributed by atoms with Gasteiger partial charge < -0.3 is 14.6 Å². The van der Waals surface area contributed by atoms with Gasteiger partial charge >= 0.3 is 11.9 Å². The van der Waals surface area contributed by atoms with Crippen LogP contribution in [0.2, 0.25) is 5.02 Å². The molecule has 6 nitrogen and oxygen atoms in total. The number of hydrogen-bond acceptors (Lipinski definition) is 6. The van der Waals surface area contributed by atoms with Crippen LogP contribution >= 0.6 is 22.9 Å². The van der Waals surface area contributed by atoms with Crippen molar-refractivity contribution in [1.82, 2.24) is 4.90 Å². The molecule has 0 spiro atoms. The Morgan fingerprint density at radius 2 is 1.84 bits per heavy atom. The van der Waals surface area contributed by atoms with E-state index in [1.54, 1.807) is 24.3 Å². The first-order valence-electron chi connectivity index (χ1n) is 9.70. The van der Waals surface area contributed by atoms with Gasteiger partial charge in [0, 0.05) is 29.9 Å². The molecule has 8 heteroatoms. The molecule has 3 heterocycles. The molecule has 5 rings (SSSR count). The molecule has 1 N–H and O–H groups in total. The van der Waals surface area contributed by atoms with Crippen LogP contribution in [0.4, 0.5) is 0 Å². The monoisotopic (exact) mass is 457 g/mol. The van der Waals surface area contributed by atoms with Crippen LogP contribution in [0.1, 0.15) is 29.0 Å². The van der Waals surface area contributed by atoms with Gasteiger partial charge in [0.1, 0.15) is 6.04 Å². The van der Waals surface area contributed by atoms with Crippen molar-refractivity contribution >= 4 is 34.9 Å². The molecule has 31 heavy (non-hydrogen) atoms. The minimum Gasteiger partial charge on any atom is -0.480 e. The number of esters is 1. The van der Waals surface area contributed by atoms with Gasteiger partial charge in [0.05, 0.1) is 0 Å². The predicted molar refractivity (Wildman–Crippen MR) is 118 cm³/mol. The molecule has 3 aromatic rings. The number of carbonyl (C=O) groups excluding carboxylic acids is 1. The molecule has 0 aliphatic carbocycles. The average molecular weight is 458 g/mol. The third-order valence-electron chi connectivity index (χ3n) is 4.94. The van der Waals surface area contributed by atoms with Crippen LogP contribution in [-0.4, -0.2) is 28.5 Å². The van der Waals surface area contributed by atoms with E-state index in [0.717, 1.165) is 28.4 Å². The van der Waals surface area contributed by atoms with Crippen molar-refractivity contribution in [2.24, 2.45) is 0 Å². The largest absolute Gasteiger partial charge is 0.480 e. The number of rotatable bonds is 4. The summed E-state index contributed by atoms with van der Waals surface area (Å²) >= 11 is 7.64. The normalized spacial score (nSPS) is 14.8. The van der Waals surface area contributed by atoms with Crippen LogP contribution in [-0.2, 0) is 22.6 Å². The Labute approximate surface area is 188 Å². The third-order valence-corrected chi connectivity index (χ3v) is 6.40. The molecule has 2 aromatic carbocycles. The quantitative estimate of drug-likeness (QED) is 0.331. The second-order valence-corrected chi connectivity index (χ2v) is 8.65. The Hall–Kier alpha value is -2.87. The Morgan fingerprint density at radius 3 is 2.45 bits per heavy atom. The van der Waals surface area contributed by atoms with Gasteiger partial charge in [-0.15, -0.1) is 11.3 Å². The summed E-state index contributed by atoms with van der Waals surface area (Å²) in [6.45, 7) is 2.45. The number of carboxylic acid groups (broad SMARTS) is 1. The molecular formula is C23H20ClNO5S. The highest BCUT2D eigenvalue weighted by atomic mass is 35.5. The van der Waals surface area contributed by atoms with E-state index in [1.165, 1.54) is 18.3 Å². The SMILES string of the molecule is CC(=O)Oc1cc2c(s1)CCN(C(C(=O)O)c1ccccc1Cl)C2.c1ccc2c(c1)O2. The van der Waals surface area contributed by atoms with Crippen LogP contribution in [0, 0.1) is 0 Å². The number of halogens is 1. The molecular weight excluding hydrogens is 438 g/mol. The van der Waals surface area contributed by atoms with Crippen molar-refractivity contribution < 1.29 is 24.2 Å². The standard InChI is InChI=1S/C17H16ClNO4S.C6H4O/c1-10(20)23-15-8-11-9-19(7-6-14(11)24-15)16(17(21)22)12-4-2-3-5-13(12)18;1-2-4-6-5(3-1)7-6/h2-5,8,16H,6-7,9H2,1H3,(H,21,22);1-4H. The summed E-state index contributed by atoms with van der Waals surface area (Å²) in [4.78, 5) is 26.0. The zero-order valence-electron chi connectivity index (χ0n) is 16.7. The number of hydrogen-bond donors (Lipinski definition) is 1. The number of thiophene rings is 1. The molecule has 0 bridgehead atoms. The number of nitrogens with zero attached hydrogens (tertiary/aromatic N) is 1. The first-order valence-corrected chi connectivity index (χ1v) is 10.9. The Bertz CT molecular complexity index is 1110. The van der Waals surface area contributed by atoms with Gasteiger partial charge in [0.2, 0.25) is 0 Å². The topological polar surface area (TPSA) is 79.4 Å². The highest BCUT2D eigenvalue weighted by Crippen LogP contribution is 2.43. The lowest BCUT2D eigenvalue weighted by Gasteiger charge is -2.32. The van der Waals surface area contributed by atoms with Crippen molar-refractivity contribution in [2.45, 2.75) is 25.9 Å². The average Bonchev–Trinajstić information content (AvgIpc) is 3.41. The van der Waals surface area contributed by atoms with Crippen LogP contribution in [0.25, 0.3) is 0 Å². The lowest BCUT2D eigenvalue weighted by molar-refractivity contribution is -0.144. The van der Waals surface area contributed by atoms with E-state index < -0.39 is 12.0 Å². The number of ether oxygens (including phenoxy) is 2. The highest BCUT2D eigenvalue weighted by Gasteiger charge is 2.32. The summed E-state index contributed by atoms with van der Waals surface area (Å²) in [6, 6.07) is 15.9. The molecule has 1 atom stereocenters. The van der Waals surface area contributed by atoms with E-state index in [2.05, 4.69) is 0 Å². The van der Waals surface area contributed by atoms with E-state index in [9.17, 15) is 14.7 Å². The lowest BCUT2D eigenvalue weighted by Crippen LogP contribution is -2.37. The molecule has 2 aliphatic rings. The molecule has 0 amide bonds. The third kappa shape index (κ3) is 5.07. The molecule has 0 saturated carbocycles. The summed E-state index contributed by atoms with van der Waals surface area (Å²) in [5, 5.41) is 10.7. The molecule has 0 saturated heterocycles. The van der Waals surface area contributed by atoms with E-state index in [-0.39, 0.29) is 5.97 Å². The van der Waals surface area contributed by atoms with Crippen LogP contribution in [0.5, 0.6) is 16.6 Å². The zero-order valence-corrected chi connectivity index (χ0v) is 18.3. The second kappa shape index (κ2) is 9.09. The van der Waals surface area contributed by atoms with Crippen molar-refractivity contribution in [1.29, 1.82) is 0 Å². The van der Waals surface area contributed by atoms with Crippen molar-refractivity contribution in [3.8, 4) is 16.6 Å². The number of aliphatic carboxylic acids is 1. The van der Waals surface area contributed by atoms with E-state index >= 15 is 0 Å². The van der Waals surface area contributed by atoms with E-state index in [0.29, 0.717) is 28.7 Å². The fourth-order valence-corrected chi connectivity index (χ4v) is 4.82. The minimum absolute atomic E-state index is 0.357. The Kier molecular flexibility index (Phi) is 6.27. The van der Waals surface area contributed by atoms with Crippen molar-refractivity contribution in [2.75, 3.05) is 6.54 Å². The van der Waals surface area contributed by atoms with E-state index in [4.69, 9.17) is 21.1 Å². The summed E-state index contributed by atoms with van der Waals surface area (Å²) in [5.74, 6) is 0.775. The number of para-hydroxylation sites is 2. The fourth-order valence-electron chi connectivity index (χ4n) is 3.53. The van der Waals surface area contributed by atoms with Gasteiger partial charge in [-0.2, -0.15) is 0 Å². The van der Waals surface area contributed by atoms with E-state index in [1.807, 2.05) is 35.2 Å². The first kappa shape index (κ1) is 21.4. The van der Waals surface area contributed by atoms with Gasteiger partial charge in [-0.25, -0.2) is 0 Å². The molecule has 1 aromatic heterocycles. The van der Waals surface area contributed by atoms with Gasteiger partial charge in [0.15, 0.2) is 16.6 Å². The molecule has 2 aliphatic heterocycles. The van der Waals surface area contributed by atoms with Crippen LogP contribution in [0.15, 0.2) is 54.6 Å². The molecule has 1 unspecified atom stereocenters. The second-order valence-electron chi connectivity index (χ2n) is 7.14. The predicted octanol–water partition coefficient (Wildman–Crippen LogP) is 5.30. The van der Waals surface area contributed by atoms with Crippen molar-refractivity contribution in [3.63, 3.8) is 0 Å². The molecule has 0 radical (unpaired) electrons. The van der Waals surface area contributed by atoms with Gasteiger partial charge in [-0.1, -0.05) is 41.9 Å². The summed E-state index contributed by atoms with van der Waals surface area (Å²) < 4.78 is 10.1. The zero-order chi connectivity index (χ0) is 22.0. The van der Waals surface area contributed by atoms with Crippen LogP contribution in [0.3, 0.4) is 0 Å². The lowest BCUT2D eigenvalue weighted by atomic mass is 10.0. The first-order chi connectivity index (χ1) is 14.9. The smallest absolute Gasteiger partial charge is 0.325 e. The Morgan fingerprint density at radius 1 is 1.16 bits per heavy atom. The number of benzene rings is 2. The maximum Gasteiger partial charge on any atom is 0.325 e. The Balaban J connectivity index is 0.000000275. The number of fused-ring (bicyclic) bond motifs is 2. The van der Waals surface area contributed by atoms with Crippen molar-refractivity contribution in [3.05, 3.63) is 75.6 Å². The summed E-state index contributed by atoms with van der Waals surface area (Å²) in [6.07, 6.45) is 0.718. The van der Waals surface area contributed by atoms with Gasteiger partial charge in [-0.05, 0) is 41.8 Å². The van der Waals surface area contributed by atoms with Gasteiger partial charge in [-0.3, -0.25) is 14.5 Å². The summed E-state index contributed by atoms with van der Waals surface area (Å²) in [5.41, 5.74) is 1.59. The maximum atomic E-state index is 11.8. The fraction of sp³-hybridized carbons (Fsp3) is 0.217. The molecule has 160 valence electrons. The van der Waals surface area contributed by atoms with Gasteiger partial charge in [0.25, 0.3) is 0 Å². The number of carboxylic acids is 1. The summed E-state index contributed by atoms with van der Waals surface area (Å²) in [7, 11) is 0. The minimum atomic E-state index is -0.929. The number of carbonyl (C=O) groups is 2. The highest BCUT2D eigenvalue weighted by molar-refractivity contribution is 7.14.